The minimum Gasteiger partial charge on any atom is -0.467 e. The normalized spacial score (nSPS) is 18.8. The van der Waals surface area contributed by atoms with Crippen LogP contribution in [0.25, 0.3) is 32.1 Å². The molecule has 0 spiro atoms. The van der Waals surface area contributed by atoms with E-state index in [1.54, 1.807) is 13.0 Å². The number of nitrogens with two attached hydrogens (primary N) is 1. The summed E-state index contributed by atoms with van der Waals surface area (Å²) in [4.78, 5) is 22.6. The average Bonchev–Trinajstić information content (AvgIpc) is 3.94. The quantitative estimate of drug-likeness (QED) is 0.190. The average molecular weight is 820 g/mol. The lowest BCUT2D eigenvalue weighted by molar-refractivity contribution is -0.199. The molecule has 3 aliphatic rings. The number of carbonyl (C=O) groups is 1. The highest BCUT2D eigenvalue weighted by molar-refractivity contribution is 7.23. The molecule has 0 bridgehead atoms. The van der Waals surface area contributed by atoms with Gasteiger partial charge in [0.05, 0.1) is 22.9 Å². The predicted molar refractivity (Wildman–Crippen MR) is 192 cm³/mol. The summed E-state index contributed by atoms with van der Waals surface area (Å²) in [5.41, 5.74) is 2.59. The van der Waals surface area contributed by atoms with Crippen LogP contribution in [0, 0.1) is 23.0 Å². The van der Waals surface area contributed by atoms with Gasteiger partial charge in [-0.2, -0.15) is 41.6 Å². The molecular weight excluding hydrogens is 781 g/mol. The van der Waals surface area contributed by atoms with Crippen LogP contribution >= 0.6 is 11.3 Å². The van der Waals surface area contributed by atoms with Gasteiger partial charge < -0.3 is 25.4 Å². The lowest BCUT2D eigenvalue weighted by Gasteiger charge is -2.20. The third-order valence-corrected chi connectivity index (χ3v) is 10.5. The summed E-state index contributed by atoms with van der Waals surface area (Å²) < 4.78 is 130. The van der Waals surface area contributed by atoms with Gasteiger partial charge in [-0.1, -0.05) is 6.07 Å². The lowest BCUT2D eigenvalue weighted by Crippen LogP contribution is -2.37. The van der Waals surface area contributed by atoms with Crippen LogP contribution in [-0.2, 0) is 10.9 Å². The fourth-order valence-electron chi connectivity index (χ4n) is 6.81. The molecule has 3 fully saturated rings. The van der Waals surface area contributed by atoms with Crippen LogP contribution in [0.5, 0.6) is 6.01 Å². The summed E-state index contributed by atoms with van der Waals surface area (Å²) in [6.07, 6.45) is -7.90. The zero-order valence-electron chi connectivity index (χ0n) is 30.4. The zero-order chi connectivity index (χ0) is 41.1. The fraction of sp³-hybridized carbons (Fsp3) is 0.500. The lowest BCUT2D eigenvalue weighted by atomic mass is 9.92. The molecule has 10 nitrogen and oxygen atoms in total. The molecule has 3 saturated heterocycles. The Morgan fingerprint density at radius 3 is 2.41 bits per heavy atom. The zero-order valence-corrected chi connectivity index (χ0v) is 31.2. The number of nitriles is 1. The SMILES string of the molecule is CCNc1nc(OC)nc2c(F)c(-c3ccc(F)c4sc(N)c(C#N)c34)c(C(F)(F)F)cc12.C[C@@H](OC(=O)N1CCCC1)C(F)(F)F.FC1CC2CCCN2C1. The second kappa shape index (κ2) is 17.2. The summed E-state index contributed by atoms with van der Waals surface area (Å²) >= 11 is 0.698. The molecule has 3 N–H and O–H groups in total. The van der Waals surface area contributed by atoms with Crippen molar-refractivity contribution in [2.45, 2.75) is 76.6 Å². The van der Waals surface area contributed by atoms with Crippen LogP contribution in [0.2, 0.25) is 0 Å². The standard InChI is InChI=1S/C21H14F5N5OS.C8H12F3NO2.C7H12FN/c1-3-29-19-9-6-11(21(24,25)26)14(15(23)16(9)30-20(31-19)32-2)8-4-5-12(22)17-13(8)10(7-27)18(28)33-17;1-6(8(9,10)11)14-7(13)12-4-2-3-5-12;8-6-4-7-2-1-3-9(7)5-6/h4-6H,3,28H2,1-2H3,(H,29,30,31);6H,2-5H2,1H3;6-7H,1-5H2/t;6-;/m.1./s1. The number of ether oxygens (including phenoxy) is 2. The number of carbonyl (C=O) groups excluding carboxylic acids is 1. The highest BCUT2D eigenvalue weighted by Crippen LogP contribution is 2.47. The van der Waals surface area contributed by atoms with Crippen molar-refractivity contribution < 1.29 is 53.8 Å². The Morgan fingerprint density at radius 2 is 1.82 bits per heavy atom. The Balaban J connectivity index is 0.000000211. The van der Waals surface area contributed by atoms with Crippen molar-refractivity contribution in [2.24, 2.45) is 0 Å². The molecule has 2 aromatic heterocycles. The topological polar surface area (TPSA) is 130 Å². The number of fused-ring (bicyclic) bond motifs is 3. The predicted octanol–water partition coefficient (Wildman–Crippen LogP) is 9.06. The first-order valence-corrected chi connectivity index (χ1v) is 18.4. The van der Waals surface area contributed by atoms with Crippen LogP contribution in [0.15, 0.2) is 18.2 Å². The van der Waals surface area contributed by atoms with E-state index < -0.39 is 59.0 Å². The largest absolute Gasteiger partial charge is 0.467 e. The van der Waals surface area contributed by atoms with E-state index in [-0.39, 0.29) is 50.0 Å². The number of nitrogens with one attached hydrogen (secondary N) is 1. The number of anilines is 2. The molecule has 3 aliphatic heterocycles. The molecular formula is C36H38F9N7O3S. The summed E-state index contributed by atoms with van der Waals surface area (Å²) in [6, 6.07) is 4.75. The molecule has 0 aliphatic carbocycles. The van der Waals surface area contributed by atoms with Crippen molar-refractivity contribution in [3.05, 3.63) is 41.0 Å². The van der Waals surface area contributed by atoms with Crippen LogP contribution in [-0.4, -0.2) is 90.2 Å². The summed E-state index contributed by atoms with van der Waals surface area (Å²) in [6.45, 7) is 5.64. The number of hydrogen-bond donors (Lipinski definition) is 2. The van der Waals surface area contributed by atoms with Crippen LogP contribution < -0.4 is 15.8 Å². The molecule has 5 heterocycles. The number of hydrogen-bond acceptors (Lipinski definition) is 10. The maximum Gasteiger partial charge on any atom is 0.425 e. The van der Waals surface area contributed by atoms with E-state index in [2.05, 4.69) is 24.9 Å². The number of thiophene rings is 1. The number of alkyl halides is 7. The second-order valence-corrected chi connectivity index (χ2v) is 14.3. The first-order chi connectivity index (χ1) is 26.4. The molecule has 0 saturated carbocycles. The van der Waals surface area contributed by atoms with E-state index in [1.165, 1.54) is 24.9 Å². The highest BCUT2D eigenvalue weighted by atomic mass is 32.1. The maximum absolute atomic E-state index is 15.9. The molecule has 1 amide bonds. The smallest absolute Gasteiger partial charge is 0.425 e. The van der Waals surface area contributed by atoms with E-state index in [1.807, 2.05) is 0 Å². The van der Waals surface area contributed by atoms with Crippen molar-refractivity contribution in [3.8, 4) is 23.2 Å². The fourth-order valence-corrected chi connectivity index (χ4v) is 7.76. The van der Waals surface area contributed by atoms with Crippen LogP contribution in [0.4, 0.5) is 55.1 Å². The molecule has 2 unspecified atom stereocenters. The van der Waals surface area contributed by atoms with Crippen molar-refractivity contribution in [2.75, 3.05) is 50.9 Å². The third-order valence-electron chi connectivity index (χ3n) is 9.50. The molecule has 4 aromatic rings. The van der Waals surface area contributed by atoms with E-state index >= 15 is 4.39 Å². The molecule has 7 rings (SSSR count). The maximum atomic E-state index is 15.9. The minimum atomic E-state index is -5.00. The van der Waals surface area contributed by atoms with Gasteiger partial charge in [0.15, 0.2) is 11.9 Å². The van der Waals surface area contributed by atoms with Gasteiger partial charge in [-0.15, -0.1) is 11.3 Å². The Labute approximate surface area is 319 Å². The summed E-state index contributed by atoms with van der Waals surface area (Å²) in [5.74, 6) is -2.15. The van der Waals surface area contributed by atoms with E-state index in [0.717, 1.165) is 50.9 Å². The van der Waals surface area contributed by atoms with Crippen molar-refractivity contribution in [1.29, 1.82) is 5.26 Å². The summed E-state index contributed by atoms with van der Waals surface area (Å²) in [7, 11) is 1.23. The third kappa shape index (κ3) is 9.09. The molecule has 2 aromatic carbocycles. The van der Waals surface area contributed by atoms with Gasteiger partial charge in [0.25, 0.3) is 0 Å². The van der Waals surface area contributed by atoms with E-state index in [9.17, 15) is 45.2 Å². The van der Waals surface area contributed by atoms with Gasteiger partial charge in [-0.3, -0.25) is 4.90 Å². The Hall–Kier alpha value is -4.77. The number of benzene rings is 2. The Bertz CT molecular complexity index is 2090. The van der Waals surface area contributed by atoms with Crippen molar-refractivity contribution >= 4 is 49.2 Å². The number of rotatable bonds is 5. The van der Waals surface area contributed by atoms with E-state index in [0.29, 0.717) is 37.0 Å². The molecule has 0 radical (unpaired) electrons. The first-order valence-electron chi connectivity index (χ1n) is 17.6. The van der Waals surface area contributed by atoms with Gasteiger partial charge in [0.1, 0.15) is 34.4 Å². The highest BCUT2D eigenvalue weighted by Gasteiger charge is 2.41. The van der Waals surface area contributed by atoms with Crippen molar-refractivity contribution in [3.63, 3.8) is 0 Å². The summed E-state index contributed by atoms with van der Waals surface area (Å²) in [5, 5.41) is 11.8. The van der Waals surface area contributed by atoms with Gasteiger partial charge in [-0.25, -0.2) is 18.0 Å². The van der Waals surface area contributed by atoms with Gasteiger partial charge in [-0.05, 0) is 70.2 Å². The number of methoxy groups -OCH3 is 1. The monoisotopic (exact) mass is 819 g/mol. The second-order valence-electron chi connectivity index (χ2n) is 13.2. The van der Waals surface area contributed by atoms with Crippen molar-refractivity contribution in [1.82, 2.24) is 19.8 Å². The van der Waals surface area contributed by atoms with Crippen LogP contribution in [0.3, 0.4) is 0 Å². The minimum absolute atomic E-state index is 0.0444. The number of nitrogen functional groups attached to an aromatic ring is 1. The molecule has 20 heteroatoms. The van der Waals surface area contributed by atoms with Gasteiger partial charge in [0.2, 0.25) is 0 Å². The molecule has 304 valence electrons. The molecule has 3 atom stereocenters. The van der Waals surface area contributed by atoms with Gasteiger partial charge in [0, 0.05) is 48.6 Å². The number of aromatic nitrogens is 2. The first kappa shape index (κ1) is 42.4. The number of amides is 1. The van der Waals surface area contributed by atoms with Crippen LogP contribution in [0.1, 0.15) is 57.1 Å². The number of likely N-dealkylation sites (tertiary alicyclic amines) is 1. The number of halogens is 9. The Kier molecular flexibility index (Phi) is 13.0. The van der Waals surface area contributed by atoms with Gasteiger partial charge >= 0.3 is 24.5 Å². The Morgan fingerprint density at radius 1 is 1.12 bits per heavy atom. The molecule has 56 heavy (non-hydrogen) atoms. The van der Waals surface area contributed by atoms with E-state index in [4.69, 9.17) is 10.5 Å². The number of nitrogens with zero attached hydrogens (tertiary/aromatic N) is 5.